The molecule has 12 nitrogen and oxygen atoms in total. The Hall–Kier alpha value is -2.38. The minimum atomic E-state index is -1.51. The average molecular weight is 477 g/mol. The third kappa shape index (κ3) is 8.28. The summed E-state index contributed by atoms with van der Waals surface area (Å²) in [6.07, 6.45) is 1.21. The van der Waals surface area contributed by atoms with E-state index in [2.05, 4.69) is 10.6 Å². The van der Waals surface area contributed by atoms with Gasteiger partial charge in [-0.3, -0.25) is 19.2 Å². The molecule has 0 spiro atoms. The van der Waals surface area contributed by atoms with Gasteiger partial charge in [-0.05, 0) is 44.6 Å². The number of carbonyl (C=O) groups excluding carboxylic acids is 3. The van der Waals surface area contributed by atoms with Gasteiger partial charge >= 0.3 is 11.9 Å². The largest absolute Gasteiger partial charge is 0.481 e. The Labute approximate surface area is 190 Å². The second kappa shape index (κ2) is 13.2. The van der Waals surface area contributed by atoms with Crippen molar-refractivity contribution in [1.29, 1.82) is 0 Å². The molecule has 1 saturated heterocycles. The summed E-state index contributed by atoms with van der Waals surface area (Å²) in [5, 5.41) is 32.3. The van der Waals surface area contributed by atoms with Gasteiger partial charge in [0.15, 0.2) is 6.04 Å². The van der Waals surface area contributed by atoms with Crippen LogP contribution in [0.15, 0.2) is 0 Å². The van der Waals surface area contributed by atoms with Gasteiger partial charge in [0.1, 0.15) is 12.1 Å². The first-order valence-electron chi connectivity index (χ1n) is 10.3. The Morgan fingerprint density at radius 1 is 1.16 bits per heavy atom. The second-order valence-corrected chi connectivity index (χ2v) is 8.62. The van der Waals surface area contributed by atoms with Crippen molar-refractivity contribution in [1.82, 2.24) is 15.5 Å². The average Bonchev–Trinajstić information content (AvgIpc) is 3.21. The van der Waals surface area contributed by atoms with Crippen molar-refractivity contribution in [3.63, 3.8) is 0 Å². The highest BCUT2D eigenvalue weighted by Crippen LogP contribution is 2.20. The predicted molar refractivity (Wildman–Crippen MR) is 116 cm³/mol. The van der Waals surface area contributed by atoms with E-state index in [1.165, 1.54) is 23.6 Å². The third-order valence-electron chi connectivity index (χ3n) is 5.12. The van der Waals surface area contributed by atoms with Crippen molar-refractivity contribution in [2.75, 3.05) is 18.6 Å². The first-order chi connectivity index (χ1) is 15.0. The molecule has 0 aromatic heterocycles. The summed E-state index contributed by atoms with van der Waals surface area (Å²) < 4.78 is 0. The highest BCUT2D eigenvalue weighted by atomic mass is 32.2. The van der Waals surface area contributed by atoms with Crippen LogP contribution >= 0.6 is 11.8 Å². The molecule has 32 heavy (non-hydrogen) atoms. The molecule has 3 amide bonds. The summed E-state index contributed by atoms with van der Waals surface area (Å²) in [7, 11) is 0. The minimum absolute atomic E-state index is 0.0880. The van der Waals surface area contributed by atoms with Crippen LogP contribution in [0, 0.1) is 0 Å². The number of nitrogens with two attached hydrogens (primary N) is 1. The van der Waals surface area contributed by atoms with Crippen LogP contribution in [0.2, 0.25) is 0 Å². The normalized spacial score (nSPS) is 19.5. The van der Waals surface area contributed by atoms with Gasteiger partial charge < -0.3 is 36.6 Å². The van der Waals surface area contributed by atoms with E-state index < -0.39 is 59.9 Å². The maximum atomic E-state index is 13.2. The van der Waals surface area contributed by atoms with Crippen molar-refractivity contribution in [3.8, 4) is 0 Å². The SMILES string of the molecule is CSCCC(NC(=O)C(N)CCC(=O)O)C(=O)N1CCCC1C(=O)NC(C(=O)O)C(C)O. The number of rotatable bonds is 13. The summed E-state index contributed by atoms with van der Waals surface area (Å²) in [5.41, 5.74) is 5.73. The number of hydrogen-bond acceptors (Lipinski definition) is 8. The summed E-state index contributed by atoms with van der Waals surface area (Å²) in [5.74, 6) is -3.81. The molecule has 1 rings (SSSR count). The van der Waals surface area contributed by atoms with E-state index >= 15 is 0 Å². The number of thioether (sulfide) groups is 1. The number of amides is 3. The van der Waals surface area contributed by atoms with Crippen LogP contribution in [0.25, 0.3) is 0 Å². The van der Waals surface area contributed by atoms with E-state index in [1.54, 1.807) is 0 Å². The number of aliphatic hydroxyl groups excluding tert-OH is 1. The molecule has 1 aliphatic heterocycles. The fraction of sp³-hybridized carbons (Fsp3) is 0.737. The number of nitrogens with one attached hydrogen (secondary N) is 2. The maximum absolute atomic E-state index is 13.2. The summed E-state index contributed by atoms with van der Waals surface area (Å²) in [6.45, 7) is 1.48. The number of nitrogens with zero attached hydrogens (tertiary/aromatic N) is 1. The molecule has 0 radical (unpaired) electrons. The van der Waals surface area contributed by atoms with Crippen LogP contribution in [0.5, 0.6) is 0 Å². The molecular weight excluding hydrogens is 444 g/mol. The van der Waals surface area contributed by atoms with Crippen molar-refractivity contribution in [3.05, 3.63) is 0 Å². The smallest absolute Gasteiger partial charge is 0.328 e. The van der Waals surface area contributed by atoms with Crippen LogP contribution in [0.4, 0.5) is 0 Å². The van der Waals surface area contributed by atoms with Gasteiger partial charge in [0.2, 0.25) is 17.7 Å². The van der Waals surface area contributed by atoms with Gasteiger partial charge in [-0.25, -0.2) is 4.79 Å². The number of aliphatic carboxylic acids is 2. The lowest BCUT2D eigenvalue weighted by Crippen LogP contribution is -2.58. The molecule has 182 valence electrons. The number of hydrogen-bond donors (Lipinski definition) is 6. The van der Waals surface area contributed by atoms with E-state index in [-0.39, 0.29) is 25.8 Å². The first-order valence-corrected chi connectivity index (χ1v) is 11.7. The lowest BCUT2D eigenvalue weighted by atomic mass is 10.1. The minimum Gasteiger partial charge on any atom is -0.481 e. The topological polar surface area (TPSA) is 199 Å². The molecule has 0 aromatic rings. The molecule has 5 unspecified atom stereocenters. The zero-order valence-corrected chi connectivity index (χ0v) is 19.0. The Bertz CT molecular complexity index is 705. The van der Waals surface area contributed by atoms with E-state index in [0.29, 0.717) is 18.6 Å². The zero-order chi connectivity index (χ0) is 24.4. The van der Waals surface area contributed by atoms with Gasteiger partial charge in [-0.2, -0.15) is 11.8 Å². The molecule has 1 heterocycles. The number of carboxylic acid groups (broad SMARTS) is 2. The molecule has 0 aromatic carbocycles. The predicted octanol–water partition coefficient (Wildman–Crippen LogP) is -1.64. The third-order valence-corrected chi connectivity index (χ3v) is 5.76. The van der Waals surface area contributed by atoms with Crippen LogP contribution in [-0.2, 0) is 24.0 Å². The Balaban J connectivity index is 2.90. The molecule has 1 fully saturated rings. The van der Waals surface area contributed by atoms with Crippen LogP contribution in [-0.4, -0.2) is 98.7 Å². The van der Waals surface area contributed by atoms with E-state index in [1.807, 2.05) is 6.26 Å². The second-order valence-electron chi connectivity index (χ2n) is 7.64. The molecule has 0 aliphatic carbocycles. The van der Waals surface area contributed by atoms with E-state index in [4.69, 9.17) is 10.8 Å². The van der Waals surface area contributed by atoms with Crippen LogP contribution in [0.1, 0.15) is 39.0 Å². The van der Waals surface area contributed by atoms with E-state index in [9.17, 15) is 34.2 Å². The van der Waals surface area contributed by atoms with Gasteiger partial charge in [0, 0.05) is 13.0 Å². The summed E-state index contributed by atoms with van der Waals surface area (Å²) >= 11 is 1.46. The van der Waals surface area contributed by atoms with Crippen LogP contribution in [0.3, 0.4) is 0 Å². The van der Waals surface area contributed by atoms with Crippen molar-refractivity contribution in [2.45, 2.75) is 69.3 Å². The van der Waals surface area contributed by atoms with Crippen molar-refractivity contribution in [2.24, 2.45) is 5.73 Å². The van der Waals surface area contributed by atoms with E-state index in [0.717, 1.165) is 0 Å². The van der Waals surface area contributed by atoms with Gasteiger partial charge in [-0.1, -0.05) is 0 Å². The van der Waals surface area contributed by atoms with Gasteiger partial charge in [0.25, 0.3) is 0 Å². The summed E-state index contributed by atoms with van der Waals surface area (Å²) in [6, 6.07) is -4.52. The Morgan fingerprint density at radius 2 is 1.81 bits per heavy atom. The van der Waals surface area contributed by atoms with Gasteiger partial charge in [0.05, 0.1) is 12.1 Å². The summed E-state index contributed by atoms with van der Waals surface area (Å²) in [4.78, 5) is 61.4. The molecular formula is C19H32N4O8S. The van der Waals surface area contributed by atoms with Crippen molar-refractivity contribution < 1.29 is 39.3 Å². The first kappa shape index (κ1) is 27.7. The highest BCUT2D eigenvalue weighted by Gasteiger charge is 2.39. The quantitative estimate of drug-likeness (QED) is 0.179. The molecule has 5 atom stereocenters. The molecule has 0 saturated carbocycles. The number of likely N-dealkylation sites (tertiary alicyclic amines) is 1. The van der Waals surface area contributed by atoms with Crippen molar-refractivity contribution >= 4 is 41.4 Å². The number of carboxylic acids is 2. The maximum Gasteiger partial charge on any atom is 0.328 e. The monoisotopic (exact) mass is 476 g/mol. The molecule has 0 bridgehead atoms. The fourth-order valence-corrected chi connectivity index (χ4v) is 3.79. The Kier molecular flexibility index (Phi) is 11.4. The Morgan fingerprint density at radius 3 is 2.34 bits per heavy atom. The highest BCUT2D eigenvalue weighted by molar-refractivity contribution is 7.98. The lowest BCUT2D eigenvalue weighted by Gasteiger charge is -2.30. The molecule has 13 heteroatoms. The lowest BCUT2D eigenvalue weighted by molar-refractivity contribution is -0.147. The van der Waals surface area contributed by atoms with Crippen LogP contribution < -0.4 is 16.4 Å². The molecule has 1 aliphatic rings. The zero-order valence-electron chi connectivity index (χ0n) is 18.2. The van der Waals surface area contributed by atoms with Gasteiger partial charge in [-0.15, -0.1) is 0 Å². The number of aliphatic hydroxyl groups is 1. The standard InChI is InChI=1S/C19H32N4O8S/c1-10(24)15(19(30)31)22-17(28)13-4-3-8-23(13)18(29)12(7-9-32-2)21-16(27)11(20)5-6-14(25)26/h10-13,15,24H,3-9,20H2,1-2H3,(H,21,27)(H,22,28)(H,25,26)(H,30,31). The number of carbonyl (C=O) groups is 5. The fourth-order valence-electron chi connectivity index (χ4n) is 3.32. The molecule has 7 N–H and O–H groups in total.